The molecule has 0 saturated carbocycles. The first kappa shape index (κ1) is 17.3. The molecule has 0 aliphatic carbocycles. The van der Waals surface area contributed by atoms with Crippen molar-refractivity contribution < 1.29 is 9.47 Å². The Bertz CT molecular complexity index is 1230. The number of ether oxygens (including phenoxy) is 2. The third-order valence-corrected chi connectivity index (χ3v) is 5.93. The lowest BCUT2D eigenvalue weighted by molar-refractivity contribution is -0.0401. The summed E-state index contributed by atoms with van der Waals surface area (Å²) in [7, 11) is 0. The quantitative estimate of drug-likeness (QED) is 0.556. The summed E-state index contributed by atoms with van der Waals surface area (Å²) in [5, 5.41) is 3.65. The van der Waals surface area contributed by atoms with Crippen molar-refractivity contribution in [2.45, 2.75) is 13.3 Å². The van der Waals surface area contributed by atoms with Crippen LogP contribution in [0.15, 0.2) is 40.6 Å². The highest BCUT2D eigenvalue weighted by atomic mass is 32.1. The van der Waals surface area contributed by atoms with Gasteiger partial charge in [-0.3, -0.25) is 9.78 Å². The summed E-state index contributed by atoms with van der Waals surface area (Å²) in [6.07, 6.45) is 2.78. The maximum absolute atomic E-state index is 12.7. The zero-order valence-electron chi connectivity index (χ0n) is 15.4. The molecule has 1 aliphatic heterocycles. The Morgan fingerprint density at radius 1 is 1.32 bits per heavy atom. The Hall–Kier alpha value is -2.77. The Kier molecular flexibility index (Phi) is 4.33. The number of hydrogen-bond acceptors (Lipinski definition) is 6. The number of nitrogens with one attached hydrogen (secondary N) is 1. The van der Waals surface area contributed by atoms with Gasteiger partial charge >= 0.3 is 0 Å². The van der Waals surface area contributed by atoms with Gasteiger partial charge in [0.05, 0.1) is 35.4 Å². The monoisotopic (exact) mass is 393 g/mol. The average molecular weight is 393 g/mol. The molecule has 3 aromatic heterocycles. The lowest BCUT2D eigenvalue weighted by Crippen LogP contribution is -2.28. The van der Waals surface area contributed by atoms with Crippen molar-refractivity contribution in [1.82, 2.24) is 15.0 Å². The molecule has 4 heterocycles. The summed E-state index contributed by atoms with van der Waals surface area (Å²) in [6.45, 7) is 4.20. The standard InChI is InChI=1S/C21H19N3O3S/c1-12-6-15(27-4-2-13-10-26-11-13)8-16-19(12)23-20(24-21(16)25)17-7-14-3-5-28-18(14)9-22-17/h3,5-9,13H,2,4,10-11H2,1H3,(H,23,24,25). The lowest BCUT2D eigenvalue weighted by Gasteiger charge is -2.25. The topological polar surface area (TPSA) is 77.1 Å². The van der Waals surface area contributed by atoms with E-state index < -0.39 is 0 Å². The van der Waals surface area contributed by atoms with E-state index in [0.29, 0.717) is 40.7 Å². The molecule has 0 spiro atoms. The number of aryl methyl sites for hydroxylation is 1. The van der Waals surface area contributed by atoms with E-state index in [4.69, 9.17) is 9.47 Å². The third kappa shape index (κ3) is 3.16. The molecule has 0 atom stereocenters. The predicted octanol–water partition coefficient (Wildman–Crippen LogP) is 3.92. The Balaban J connectivity index is 1.48. The third-order valence-electron chi connectivity index (χ3n) is 5.06. The molecule has 1 saturated heterocycles. The predicted molar refractivity (Wildman–Crippen MR) is 110 cm³/mol. The van der Waals surface area contributed by atoms with Gasteiger partial charge in [0.2, 0.25) is 0 Å². The molecule has 0 unspecified atom stereocenters. The molecule has 5 rings (SSSR count). The highest BCUT2D eigenvalue weighted by Crippen LogP contribution is 2.26. The molecule has 0 amide bonds. The van der Waals surface area contributed by atoms with Gasteiger partial charge in [-0.05, 0) is 53.9 Å². The van der Waals surface area contributed by atoms with Gasteiger partial charge in [0.1, 0.15) is 11.4 Å². The molecule has 0 bridgehead atoms. The zero-order chi connectivity index (χ0) is 19.1. The van der Waals surface area contributed by atoms with E-state index in [9.17, 15) is 4.79 Å². The van der Waals surface area contributed by atoms with E-state index in [1.807, 2.05) is 36.7 Å². The number of aromatic nitrogens is 3. The van der Waals surface area contributed by atoms with Gasteiger partial charge in [-0.1, -0.05) is 0 Å². The molecule has 1 fully saturated rings. The van der Waals surface area contributed by atoms with Gasteiger partial charge in [-0.25, -0.2) is 4.98 Å². The Morgan fingerprint density at radius 3 is 3.04 bits per heavy atom. The first-order valence-corrected chi connectivity index (χ1v) is 10.1. The molecule has 1 N–H and O–H groups in total. The second-order valence-electron chi connectivity index (χ2n) is 7.12. The summed E-state index contributed by atoms with van der Waals surface area (Å²) in [6, 6.07) is 7.69. The van der Waals surface area contributed by atoms with Crippen molar-refractivity contribution >= 4 is 32.3 Å². The molecule has 28 heavy (non-hydrogen) atoms. The van der Waals surface area contributed by atoms with Crippen LogP contribution in [0.1, 0.15) is 12.0 Å². The Labute approximate surface area is 165 Å². The number of thiophene rings is 1. The van der Waals surface area contributed by atoms with Crippen molar-refractivity contribution in [3.05, 3.63) is 51.8 Å². The largest absolute Gasteiger partial charge is 0.494 e. The van der Waals surface area contributed by atoms with Crippen LogP contribution < -0.4 is 10.3 Å². The summed E-state index contributed by atoms with van der Waals surface area (Å²) in [4.78, 5) is 24.7. The van der Waals surface area contributed by atoms with Gasteiger partial charge in [-0.15, -0.1) is 11.3 Å². The van der Waals surface area contributed by atoms with E-state index in [2.05, 4.69) is 15.0 Å². The van der Waals surface area contributed by atoms with Crippen LogP contribution in [0.4, 0.5) is 0 Å². The van der Waals surface area contributed by atoms with Crippen LogP contribution in [-0.4, -0.2) is 34.8 Å². The fourth-order valence-corrected chi connectivity index (χ4v) is 4.12. The zero-order valence-corrected chi connectivity index (χ0v) is 16.2. The lowest BCUT2D eigenvalue weighted by atomic mass is 10.1. The number of hydrogen-bond donors (Lipinski definition) is 1. The van der Waals surface area contributed by atoms with Gasteiger partial charge < -0.3 is 14.5 Å². The number of rotatable bonds is 5. The minimum atomic E-state index is -0.187. The van der Waals surface area contributed by atoms with Gasteiger partial charge in [0.15, 0.2) is 5.82 Å². The van der Waals surface area contributed by atoms with Crippen molar-refractivity contribution in [1.29, 1.82) is 0 Å². The first-order chi connectivity index (χ1) is 13.7. The smallest absolute Gasteiger partial charge is 0.259 e. The fraction of sp³-hybridized carbons (Fsp3) is 0.286. The van der Waals surface area contributed by atoms with Crippen LogP contribution in [0.25, 0.3) is 32.5 Å². The number of aromatic amines is 1. The minimum Gasteiger partial charge on any atom is -0.494 e. The summed E-state index contributed by atoms with van der Waals surface area (Å²) < 4.78 is 12.2. The Morgan fingerprint density at radius 2 is 2.21 bits per heavy atom. The van der Waals surface area contributed by atoms with E-state index in [1.165, 1.54) is 0 Å². The normalized spacial score (nSPS) is 14.5. The van der Waals surface area contributed by atoms with Crippen LogP contribution in [0.3, 0.4) is 0 Å². The highest BCUT2D eigenvalue weighted by Gasteiger charge is 2.18. The van der Waals surface area contributed by atoms with Crippen molar-refractivity contribution in [2.24, 2.45) is 5.92 Å². The molecular weight excluding hydrogens is 374 g/mol. The average Bonchev–Trinajstić information content (AvgIpc) is 3.12. The second-order valence-corrected chi connectivity index (χ2v) is 8.07. The summed E-state index contributed by atoms with van der Waals surface area (Å²) >= 11 is 1.64. The van der Waals surface area contributed by atoms with Crippen molar-refractivity contribution in [2.75, 3.05) is 19.8 Å². The van der Waals surface area contributed by atoms with Crippen LogP contribution in [0.5, 0.6) is 5.75 Å². The second kappa shape index (κ2) is 7.00. The van der Waals surface area contributed by atoms with E-state index in [1.54, 1.807) is 17.4 Å². The van der Waals surface area contributed by atoms with E-state index in [0.717, 1.165) is 35.3 Å². The van der Waals surface area contributed by atoms with Crippen LogP contribution >= 0.6 is 11.3 Å². The van der Waals surface area contributed by atoms with E-state index in [-0.39, 0.29) is 5.56 Å². The molecule has 142 valence electrons. The van der Waals surface area contributed by atoms with Crippen LogP contribution in [-0.2, 0) is 4.74 Å². The first-order valence-electron chi connectivity index (χ1n) is 9.26. The van der Waals surface area contributed by atoms with Crippen LogP contribution in [0.2, 0.25) is 0 Å². The highest BCUT2D eigenvalue weighted by molar-refractivity contribution is 7.17. The van der Waals surface area contributed by atoms with Crippen molar-refractivity contribution in [3.8, 4) is 17.3 Å². The van der Waals surface area contributed by atoms with Gasteiger partial charge in [-0.2, -0.15) is 0 Å². The maximum Gasteiger partial charge on any atom is 0.259 e. The summed E-state index contributed by atoms with van der Waals surface area (Å²) in [5.41, 5.74) is 2.05. The summed E-state index contributed by atoms with van der Waals surface area (Å²) in [5.74, 6) is 1.76. The van der Waals surface area contributed by atoms with Gasteiger partial charge in [0.25, 0.3) is 5.56 Å². The van der Waals surface area contributed by atoms with Crippen molar-refractivity contribution in [3.63, 3.8) is 0 Å². The molecule has 1 aliphatic rings. The molecule has 4 aromatic rings. The SMILES string of the molecule is Cc1cc(OCCC2COC2)cc2c(=O)[nH]c(-c3cc4ccsc4cn3)nc12. The number of pyridine rings is 1. The number of fused-ring (bicyclic) bond motifs is 2. The molecule has 6 nitrogen and oxygen atoms in total. The number of H-pyrrole nitrogens is 1. The van der Waals surface area contributed by atoms with Gasteiger partial charge in [0, 0.05) is 12.1 Å². The molecular formula is C21H19N3O3S. The molecule has 0 radical (unpaired) electrons. The maximum atomic E-state index is 12.7. The molecule has 1 aromatic carbocycles. The molecule has 7 heteroatoms. The number of benzene rings is 1. The van der Waals surface area contributed by atoms with E-state index >= 15 is 0 Å². The fourth-order valence-electron chi connectivity index (χ4n) is 3.38. The number of nitrogens with zero attached hydrogens (tertiary/aromatic N) is 2. The van der Waals surface area contributed by atoms with Crippen LogP contribution in [0, 0.1) is 12.8 Å². The minimum absolute atomic E-state index is 0.187.